The van der Waals surface area contributed by atoms with Gasteiger partial charge in [-0.1, -0.05) is 6.07 Å². The summed E-state index contributed by atoms with van der Waals surface area (Å²) < 4.78 is 43.4. The molecule has 3 aromatic rings. The van der Waals surface area contributed by atoms with Gasteiger partial charge in [0, 0.05) is 6.20 Å². The van der Waals surface area contributed by atoms with E-state index in [9.17, 15) is 32.3 Å². The van der Waals surface area contributed by atoms with Crippen molar-refractivity contribution in [1.82, 2.24) is 15.2 Å². The van der Waals surface area contributed by atoms with E-state index in [0.717, 1.165) is 21.1 Å². The van der Waals surface area contributed by atoms with Crippen LogP contribution < -0.4 is 10.6 Å². The zero-order chi connectivity index (χ0) is 33.8. The molecular formula is C34H35F3InN4O5. The normalized spacial score (nSPS) is 15.2. The van der Waals surface area contributed by atoms with Crippen molar-refractivity contribution < 1.29 is 37.1 Å². The molecule has 0 fully saturated rings. The maximum atomic E-state index is 14.1. The van der Waals surface area contributed by atoms with Gasteiger partial charge in [0.1, 0.15) is 0 Å². The minimum atomic E-state index is -5.35. The van der Waals surface area contributed by atoms with Gasteiger partial charge >= 0.3 is 254 Å². The Kier molecular flexibility index (Phi) is 13.0. The van der Waals surface area contributed by atoms with Gasteiger partial charge in [-0.15, -0.1) is 0 Å². The van der Waals surface area contributed by atoms with Crippen LogP contribution in [0.3, 0.4) is 0 Å². The topological polar surface area (TPSA) is 118 Å². The van der Waals surface area contributed by atoms with Gasteiger partial charge in [0.25, 0.3) is 0 Å². The van der Waals surface area contributed by atoms with Crippen molar-refractivity contribution in [2.24, 2.45) is 0 Å². The summed E-state index contributed by atoms with van der Waals surface area (Å²) in [6.45, 7) is 2.16. The number of halogens is 3. The fraction of sp³-hybridized carbons (Fsp3) is 0.324. The molecule has 245 valence electrons. The molecule has 13 heteroatoms. The summed E-state index contributed by atoms with van der Waals surface area (Å²) in [6.07, 6.45) is 0.904. The number of pyridine rings is 1. The molecule has 1 radical (unpaired) electrons. The van der Waals surface area contributed by atoms with Crippen LogP contribution in [-0.2, 0) is 23.9 Å². The van der Waals surface area contributed by atoms with Crippen molar-refractivity contribution >= 4 is 52.5 Å². The van der Waals surface area contributed by atoms with E-state index in [-0.39, 0.29) is 16.1 Å². The number of anilines is 1. The van der Waals surface area contributed by atoms with Gasteiger partial charge in [-0.3, -0.25) is 0 Å². The Morgan fingerprint density at radius 3 is 2.32 bits per heavy atom. The number of carbonyl (C=O) groups is 4. The number of alkyl halides is 3. The number of allylic oxidation sites excluding steroid dienone is 1. The summed E-state index contributed by atoms with van der Waals surface area (Å²) in [4.78, 5) is 56.8. The number of amides is 2. The first-order chi connectivity index (χ1) is 22.5. The van der Waals surface area contributed by atoms with Crippen molar-refractivity contribution in [3.8, 4) is 11.1 Å². The van der Waals surface area contributed by atoms with Crippen LogP contribution in [0.4, 0.5) is 19.0 Å². The SMILES string of the molecule is C[C@@H](NC(=O)CCCCNc1ccccn1)C(=O)N(C(CC(=O)OC(=O)C(F)(F)F)c1ccc(-c2ccccc2)cc1)[C@H]1C=C[CH2][In]1. The number of hydrogen-bond donors (Lipinski definition) is 2. The number of aromatic nitrogens is 1. The van der Waals surface area contributed by atoms with E-state index < -0.39 is 65.4 Å². The fourth-order valence-electron chi connectivity index (χ4n) is 5.19. The molecule has 1 aromatic heterocycles. The van der Waals surface area contributed by atoms with Crippen molar-refractivity contribution in [3.05, 3.63) is 96.7 Å². The first kappa shape index (κ1) is 35.7. The standard InChI is InChI=1S/C34H35F3N4O5.In/c1-3-4-22-41(32(44)24(2)40-30(42)15-9-11-21-39-29-14-8-10-20-38-29)28(23-31(43)46-33(45)34(35,36)37)27-18-16-26(17-19-27)25-12-6-5-7-13-25;/h3-8,10,12-14,16-20,22,24,28H,1,9,11,15,21,23H2,2H3,(H,38,39)(H,40,42);/t24-,28?;/m1./s1. The van der Waals surface area contributed by atoms with E-state index in [1.54, 1.807) is 37.4 Å². The Labute approximate surface area is 282 Å². The number of hydrogen-bond acceptors (Lipinski definition) is 7. The van der Waals surface area contributed by atoms with Crippen molar-refractivity contribution in [2.75, 3.05) is 11.9 Å². The van der Waals surface area contributed by atoms with Crippen LogP contribution >= 0.6 is 0 Å². The van der Waals surface area contributed by atoms with Gasteiger partial charge in [-0.2, -0.15) is 0 Å². The quantitative estimate of drug-likeness (QED) is 0.0975. The Bertz CT molecular complexity index is 1540. The Hall–Kier alpha value is -4.13. The molecule has 0 bridgehead atoms. The second kappa shape index (κ2) is 17.1. The summed E-state index contributed by atoms with van der Waals surface area (Å²) >= 11 is -1.47. The van der Waals surface area contributed by atoms with Crippen LogP contribution in [0.2, 0.25) is 4.18 Å². The Morgan fingerprint density at radius 1 is 0.979 bits per heavy atom. The van der Waals surface area contributed by atoms with Crippen LogP contribution in [-0.4, -0.2) is 79.1 Å². The van der Waals surface area contributed by atoms with Crippen molar-refractivity contribution in [1.29, 1.82) is 0 Å². The van der Waals surface area contributed by atoms with Crippen LogP contribution in [0, 0.1) is 0 Å². The number of carbonyl (C=O) groups excluding carboxylic acids is 4. The van der Waals surface area contributed by atoms with Gasteiger partial charge in [-0.05, 0) is 12.1 Å². The molecule has 2 N–H and O–H groups in total. The molecule has 0 saturated heterocycles. The van der Waals surface area contributed by atoms with E-state index in [2.05, 4.69) is 20.4 Å². The minimum absolute atomic E-state index is 0.180. The monoisotopic (exact) mass is 751 g/mol. The number of esters is 2. The van der Waals surface area contributed by atoms with Crippen LogP contribution in [0.1, 0.15) is 44.2 Å². The van der Waals surface area contributed by atoms with E-state index in [0.29, 0.717) is 24.9 Å². The molecule has 0 aliphatic carbocycles. The molecule has 1 unspecified atom stereocenters. The molecule has 3 atom stereocenters. The van der Waals surface area contributed by atoms with Crippen LogP contribution in [0.5, 0.6) is 0 Å². The predicted octanol–water partition coefficient (Wildman–Crippen LogP) is 5.45. The van der Waals surface area contributed by atoms with Crippen molar-refractivity contribution in [2.45, 2.75) is 58.8 Å². The van der Waals surface area contributed by atoms with E-state index >= 15 is 0 Å². The molecule has 9 nitrogen and oxygen atoms in total. The Morgan fingerprint density at radius 2 is 1.68 bits per heavy atom. The number of nitrogens with zero attached hydrogens (tertiary/aromatic N) is 2. The number of ether oxygens (including phenoxy) is 1. The summed E-state index contributed by atoms with van der Waals surface area (Å²) in [5.41, 5.74) is 2.27. The molecule has 0 saturated carbocycles. The zero-order valence-electron chi connectivity index (χ0n) is 25.8. The van der Waals surface area contributed by atoms with Gasteiger partial charge in [-0.25, -0.2) is 4.98 Å². The zero-order valence-corrected chi connectivity index (χ0v) is 29.1. The molecule has 1 aliphatic rings. The number of benzene rings is 2. The van der Waals surface area contributed by atoms with Gasteiger partial charge in [0.2, 0.25) is 0 Å². The number of unbranched alkanes of at least 4 members (excludes halogenated alkanes) is 1. The summed E-state index contributed by atoms with van der Waals surface area (Å²) in [7, 11) is 0. The second-order valence-corrected chi connectivity index (χ2v) is 15.6. The van der Waals surface area contributed by atoms with Gasteiger partial charge in [0.15, 0.2) is 0 Å². The molecular weight excluding hydrogens is 716 g/mol. The molecule has 2 aromatic carbocycles. The molecule has 1 aliphatic heterocycles. The Balaban J connectivity index is 1.50. The fourth-order valence-corrected chi connectivity index (χ4v) is 9.44. The third-order valence-corrected chi connectivity index (χ3v) is 12.0. The van der Waals surface area contributed by atoms with E-state index in [4.69, 9.17) is 0 Å². The molecule has 2 heterocycles. The van der Waals surface area contributed by atoms with Crippen LogP contribution in [0.15, 0.2) is 91.1 Å². The first-order valence-corrected chi connectivity index (χ1v) is 19.5. The molecule has 2 amide bonds. The second-order valence-electron chi connectivity index (χ2n) is 11.0. The summed E-state index contributed by atoms with van der Waals surface area (Å²) in [5.74, 6) is -4.10. The number of rotatable bonds is 14. The van der Waals surface area contributed by atoms with E-state index in [1.807, 2.05) is 60.7 Å². The third kappa shape index (κ3) is 10.7. The predicted molar refractivity (Wildman–Crippen MR) is 171 cm³/mol. The molecule has 0 spiro atoms. The molecule has 47 heavy (non-hydrogen) atoms. The van der Waals surface area contributed by atoms with Crippen LogP contribution in [0.25, 0.3) is 11.1 Å². The summed E-state index contributed by atoms with van der Waals surface area (Å²) in [6, 6.07) is 20.0. The van der Waals surface area contributed by atoms with Crippen molar-refractivity contribution in [3.63, 3.8) is 0 Å². The first-order valence-electron chi connectivity index (χ1n) is 15.3. The maximum absolute atomic E-state index is 14.1. The van der Waals surface area contributed by atoms with Gasteiger partial charge < -0.3 is 0 Å². The molecule has 4 rings (SSSR count). The van der Waals surface area contributed by atoms with Gasteiger partial charge in [0.05, 0.1) is 0 Å². The average Bonchev–Trinajstić information content (AvgIpc) is 3.59. The number of nitrogens with one attached hydrogen (secondary N) is 2. The van der Waals surface area contributed by atoms with E-state index in [1.165, 1.54) is 4.90 Å². The average molecular weight is 751 g/mol. The third-order valence-electron chi connectivity index (χ3n) is 7.51. The summed E-state index contributed by atoms with van der Waals surface area (Å²) in [5, 5.41) is 5.92.